The third-order valence-corrected chi connectivity index (χ3v) is 3.57. The summed E-state index contributed by atoms with van der Waals surface area (Å²) in [7, 11) is 0. The second-order valence-corrected chi connectivity index (χ2v) is 7.37. The predicted octanol–water partition coefficient (Wildman–Crippen LogP) is 4.01. The molecule has 0 aromatic rings. The molecule has 0 saturated heterocycles. The topological polar surface area (TPSA) is 30.5 Å². The molecule has 0 aliphatic carbocycles. The van der Waals surface area contributed by atoms with Crippen LogP contribution in [-0.4, -0.2) is 37.5 Å². The van der Waals surface area contributed by atoms with Crippen molar-refractivity contribution in [1.82, 2.24) is 5.32 Å². The molecular weight excluding hydrogens is 250 g/mol. The molecule has 0 aliphatic rings. The van der Waals surface area contributed by atoms with Crippen molar-refractivity contribution in [3.05, 3.63) is 0 Å². The molecule has 1 N–H and O–H groups in total. The van der Waals surface area contributed by atoms with Crippen LogP contribution in [0.5, 0.6) is 0 Å². The van der Waals surface area contributed by atoms with E-state index < -0.39 is 0 Å². The summed E-state index contributed by atoms with van der Waals surface area (Å²) in [5.74, 6) is 0.704. The zero-order chi connectivity index (χ0) is 15.6. The van der Waals surface area contributed by atoms with E-state index in [1.807, 2.05) is 0 Å². The second kappa shape index (κ2) is 9.75. The summed E-state index contributed by atoms with van der Waals surface area (Å²) >= 11 is 0. The highest BCUT2D eigenvalue weighted by Crippen LogP contribution is 2.20. The molecule has 0 bridgehead atoms. The Bertz CT molecular complexity index is 236. The molecule has 0 heterocycles. The van der Waals surface area contributed by atoms with Gasteiger partial charge in [0.1, 0.15) is 0 Å². The lowest BCUT2D eigenvalue weighted by Gasteiger charge is -2.29. The number of rotatable bonds is 11. The third-order valence-electron chi connectivity index (χ3n) is 3.57. The molecule has 0 rings (SSSR count). The first-order valence-corrected chi connectivity index (χ1v) is 8.15. The Morgan fingerprint density at radius 3 is 2.15 bits per heavy atom. The minimum absolute atomic E-state index is 0.0354. The van der Waals surface area contributed by atoms with E-state index in [2.05, 4.69) is 53.8 Å². The summed E-state index contributed by atoms with van der Waals surface area (Å²) < 4.78 is 11.8. The van der Waals surface area contributed by atoms with Crippen LogP contribution < -0.4 is 5.32 Å². The minimum atomic E-state index is -0.0354. The summed E-state index contributed by atoms with van der Waals surface area (Å²) in [6.45, 7) is 18.7. The van der Waals surface area contributed by atoms with Gasteiger partial charge in [0.2, 0.25) is 0 Å². The zero-order valence-corrected chi connectivity index (χ0v) is 14.8. The van der Waals surface area contributed by atoms with Gasteiger partial charge in [0, 0.05) is 25.3 Å². The van der Waals surface area contributed by atoms with Crippen LogP contribution in [0.1, 0.15) is 67.7 Å². The van der Waals surface area contributed by atoms with Crippen LogP contribution >= 0.6 is 0 Å². The van der Waals surface area contributed by atoms with Gasteiger partial charge in [-0.25, -0.2) is 0 Å². The van der Waals surface area contributed by atoms with Crippen LogP contribution in [0.15, 0.2) is 0 Å². The molecule has 20 heavy (non-hydrogen) atoms. The van der Waals surface area contributed by atoms with E-state index in [0.717, 1.165) is 45.6 Å². The smallest absolute Gasteiger partial charge is 0.0673 e. The molecule has 0 aromatic heterocycles. The Balaban J connectivity index is 3.72. The van der Waals surface area contributed by atoms with Crippen LogP contribution in [0, 0.1) is 5.92 Å². The molecule has 1 atom stereocenters. The van der Waals surface area contributed by atoms with E-state index >= 15 is 0 Å². The molecule has 0 spiro atoms. The number of nitrogens with one attached hydrogen (secondary N) is 1. The first-order valence-electron chi connectivity index (χ1n) is 8.15. The minimum Gasteiger partial charge on any atom is -0.380 e. The molecule has 0 aromatic carbocycles. The van der Waals surface area contributed by atoms with E-state index in [-0.39, 0.29) is 11.1 Å². The molecule has 0 amide bonds. The summed E-state index contributed by atoms with van der Waals surface area (Å²) in [5.41, 5.74) is 0.133. The lowest BCUT2D eigenvalue weighted by atomic mass is 9.99. The highest BCUT2D eigenvalue weighted by molar-refractivity contribution is 4.73. The fourth-order valence-electron chi connectivity index (χ4n) is 1.78. The summed E-state index contributed by atoms with van der Waals surface area (Å²) in [6.07, 6.45) is 3.14. The average molecular weight is 287 g/mol. The van der Waals surface area contributed by atoms with Gasteiger partial charge in [-0.2, -0.15) is 0 Å². The van der Waals surface area contributed by atoms with Crippen molar-refractivity contribution in [1.29, 1.82) is 0 Å². The molecule has 3 nitrogen and oxygen atoms in total. The third kappa shape index (κ3) is 11.7. The fourth-order valence-corrected chi connectivity index (χ4v) is 1.78. The Labute approximate surface area is 126 Å². The first kappa shape index (κ1) is 19.9. The van der Waals surface area contributed by atoms with E-state index in [1.54, 1.807) is 0 Å². The number of hydrogen-bond acceptors (Lipinski definition) is 3. The Hall–Kier alpha value is -0.120. The van der Waals surface area contributed by atoms with E-state index in [4.69, 9.17) is 9.47 Å². The average Bonchev–Trinajstić information content (AvgIpc) is 2.32. The molecule has 3 heteroatoms. The van der Waals surface area contributed by atoms with Gasteiger partial charge in [0.25, 0.3) is 0 Å². The van der Waals surface area contributed by atoms with Crippen molar-refractivity contribution in [3.8, 4) is 0 Å². The quantitative estimate of drug-likeness (QED) is 0.582. The van der Waals surface area contributed by atoms with E-state index in [0.29, 0.717) is 5.92 Å². The molecule has 0 fully saturated rings. The van der Waals surface area contributed by atoms with Gasteiger partial charge in [-0.05, 0) is 52.9 Å². The largest absolute Gasteiger partial charge is 0.380 e. The Kier molecular flexibility index (Phi) is 9.69. The summed E-state index contributed by atoms with van der Waals surface area (Å²) in [6, 6.07) is 0. The highest BCUT2D eigenvalue weighted by Gasteiger charge is 2.22. The standard InChI is InChI=1S/C17H37NO2/c1-8-17(7,20-12-9-15(2)3)10-13-19-14-11-18-16(4,5)6/h15,18H,8-14H2,1-7H3. The summed E-state index contributed by atoms with van der Waals surface area (Å²) in [4.78, 5) is 0. The van der Waals surface area contributed by atoms with Gasteiger partial charge >= 0.3 is 0 Å². The monoisotopic (exact) mass is 287 g/mol. The predicted molar refractivity (Wildman–Crippen MR) is 87.3 cm³/mol. The van der Waals surface area contributed by atoms with Crippen molar-refractivity contribution >= 4 is 0 Å². The fraction of sp³-hybridized carbons (Fsp3) is 1.00. The van der Waals surface area contributed by atoms with Gasteiger partial charge in [-0.1, -0.05) is 20.8 Å². The lowest BCUT2D eigenvalue weighted by Crippen LogP contribution is -2.38. The van der Waals surface area contributed by atoms with Crippen molar-refractivity contribution in [2.24, 2.45) is 5.92 Å². The molecule has 0 radical (unpaired) electrons. The summed E-state index contributed by atoms with van der Waals surface area (Å²) in [5, 5.41) is 3.42. The second-order valence-electron chi connectivity index (χ2n) is 7.37. The molecule has 0 aliphatic heterocycles. The molecular formula is C17H37NO2. The maximum atomic E-state index is 6.05. The molecule has 1 unspecified atom stereocenters. The van der Waals surface area contributed by atoms with Gasteiger partial charge in [0.05, 0.1) is 12.2 Å². The van der Waals surface area contributed by atoms with Crippen molar-refractivity contribution in [3.63, 3.8) is 0 Å². The van der Waals surface area contributed by atoms with Gasteiger partial charge < -0.3 is 14.8 Å². The van der Waals surface area contributed by atoms with Crippen LogP contribution in [0.2, 0.25) is 0 Å². The van der Waals surface area contributed by atoms with Crippen LogP contribution in [0.3, 0.4) is 0 Å². The van der Waals surface area contributed by atoms with Crippen molar-refractivity contribution < 1.29 is 9.47 Å². The maximum Gasteiger partial charge on any atom is 0.0673 e. The van der Waals surface area contributed by atoms with Gasteiger partial charge in [0.15, 0.2) is 0 Å². The van der Waals surface area contributed by atoms with Crippen LogP contribution in [0.25, 0.3) is 0 Å². The van der Waals surface area contributed by atoms with Crippen LogP contribution in [-0.2, 0) is 9.47 Å². The number of ether oxygens (including phenoxy) is 2. The van der Waals surface area contributed by atoms with Crippen molar-refractivity contribution in [2.45, 2.75) is 78.9 Å². The molecule has 0 saturated carbocycles. The van der Waals surface area contributed by atoms with Gasteiger partial charge in [-0.15, -0.1) is 0 Å². The number of hydrogen-bond donors (Lipinski definition) is 1. The highest BCUT2D eigenvalue weighted by atomic mass is 16.5. The first-order chi connectivity index (χ1) is 9.18. The molecule has 122 valence electrons. The SMILES string of the molecule is CCC(C)(CCOCCNC(C)(C)C)OCCC(C)C. The van der Waals surface area contributed by atoms with E-state index in [1.165, 1.54) is 0 Å². The van der Waals surface area contributed by atoms with Crippen molar-refractivity contribution in [2.75, 3.05) is 26.4 Å². The Morgan fingerprint density at radius 1 is 1.00 bits per heavy atom. The van der Waals surface area contributed by atoms with Crippen LogP contribution in [0.4, 0.5) is 0 Å². The maximum absolute atomic E-state index is 6.05. The Morgan fingerprint density at radius 2 is 1.65 bits per heavy atom. The van der Waals surface area contributed by atoms with E-state index in [9.17, 15) is 0 Å². The lowest BCUT2D eigenvalue weighted by molar-refractivity contribution is -0.0591. The van der Waals surface area contributed by atoms with Gasteiger partial charge in [-0.3, -0.25) is 0 Å². The normalized spacial score (nSPS) is 15.6. The zero-order valence-electron chi connectivity index (χ0n) is 14.8.